The number of carbonyl (C=O) groups excluding carboxylic acids is 2. The number of likely N-dealkylation sites (tertiary alicyclic amines) is 1. The Kier molecular flexibility index (Phi) is 4.19. The minimum absolute atomic E-state index is 0.0344. The van der Waals surface area contributed by atoms with Crippen molar-refractivity contribution >= 4 is 11.8 Å². The number of piperidine rings is 1. The van der Waals surface area contributed by atoms with Crippen molar-refractivity contribution in [1.82, 2.24) is 15.5 Å². The minimum atomic E-state index is -0.416. The topological polar surface area (TPSA) is 81.7 Å². The third-order valence-corrected chi connectivity index (χ3v) is 3.71. The van der Waals surface area contributed by atoms with Gasteiger partial charge in [-0.1, -0.05) is 0 Å². The Hall–Kier alpha value is -1.14. The predicted molar refractivity (Wildman–Crippen MR) is 65.8 cm³/mol. The maximum atomic E-state index is 11.9. The molecule has 0 spiro atoms. The van der Waals surface area contributed by atoms with Crippen LogP contribution in [0.3, 0.4) is 0 Å². The van der Waals surface area contributed by atoms with Crippen LogP contribution < -0.4 is 10.6 Å². The van der Waals surface area contributed by atoms with Crippen LogP contribution in [0.4, 0.5) is 0 Å². The van der Waals surface area contributed by atoms with Gasteiger partial charge in [0.15, 0.2) is 0 Å². The molecule has 0 bridgehead atoms. The molecule has 2 fully saturated rings. The van der Waals surface area contributed by atoms with E-state index in [1.165, 1.54) is 0 Å². The van der Waals surface area contributed by atoms with Crippen LogP contribution in [0, 0.1) is 0 Å². The van der Waals surface area contributed by atoms with Gasteiger partial charge in [-0.3, -0.25) is 9.59 Å². The van der Waals surface area contributed by atoms with Crippen LogP contribution in [0.25, 0.3) is 0 Å². The van der Waals surface area contributed by atoms with Crippen molar-refractivity contribution in [3.63, 3.8) is 0 Å². The summed E-state index contributed by atoms with van der Waals surface area (Å²) >= 11 is 0. The minimum Gasteiger partial charge on any atom is -0.392 e. The molecule has 2 heterocycles. The normalized spacial score (nSPS) is 29.3. The first-order valence-electron chi connectivity index (χ1n) is 6.53. The lowest BCUT2D eigenvalue weighted by Gasteiger charge is -2.32. The number of rotatable bonds is 2. The van der Waals surface area contributed by atoms with Crippen molar-refractivity contribution in [1.29, 1.82) is 0 Å². The molecule has 2 amide bonds. The van der Waals surface area contributed by atoms with Crippen molar-refractivity contribution in [2.24, 2.45) is 0 Å². The highest BCUT2D eigenvalue weighted by Gasteiger charge is 2.30. The fourth-order valence-corrected chi connectivity index (χ4v) is 2.56. The van der Waals surface area contributed by atoms with Gasteiger partial charge >= 0.3 is 0 Å². The Labute approximate surface area is 107 Å². The van der Waals surface area contributed by atoms with Gasteiger partial charge in [0.1, 0.15) is 0 Å². The van der Waals surface area contributed by atoms with Gasteiger partial charge in [-0.25, -0.2) is 0 Å². The molecule has 2 aliphatic rings. The quantitative estimate of drug-likeness (QED) is 0.581. The molecule has 0 aromatic heterocycles. The average molecular weight is 255 g/mol. The number of aliphatic hydroxyl groups excluding tert-OH is 1. The van der Waals surface area contributed by atoms with Crippen LogP contribution in [0.5, 0.6) is 0 Å². The monoisotopic (exact) mass is 255 g/mol. The van der Waals surface area contributed by atoms with Gasteiger partial charge in [-0.05, 0) is 19.3 Å². The summed E-state index contributed by atoms with van der Waals surface area (Å²) in [7, 11) is 0. The molecule has 2 aliphatic heterocycles. The molecule has 0 aliphatic carbocycles. The first-order valence-corrected chi connectivity index (χ1v) is 6.53. The Morgan fingerprint density at radius 3 is 2.50 bits per heavy atom. The SMILES string of the molecule is CC(=O)N1CCC(NC(=O)C2CC(O)CN2)CC1. The molecule has 0 saturated carbocycles. The van der Waals surface area contributed by atoms with E-state index >= 15 is 0 Å². The van der Waals surface area contributed by atoms with Crippen LogP contribution in [-0.4, -0.2) is 59.6 Å². The molecule has 6 nitrogen and oxygen atoms in total. The van der Waals surface area contributed by atoms with Gasteiger partial charge in [0.2, 0.25) is 11.8 Å². The van der Waals surface area contributed by atoms with Crippen molar-refractivity contribution < 1.29 is 14.7 Å². The molecular formula is C12H21N3O3. The number of β-amino-alcohol motifs (C(OH)–C–C–N with tert-alkyl or cyclic N) is 1. The second-order valence-electron chi connectivity index (χ2n) is 5.14. The van der Waals surface area contributed by atoms with Gasteiger partial charge in [0.25, 0.3) is 0 Å². The largest absolute Gasteiger partial charge is 0.392 e. The average Bonchev–Trinajstić information content (AvgIpc) is 2.76. The molecule has 0 aromatic carbocycles. The highest BCUT2D eigenvalue weighted by atomic mass is 16.3. The number of amides is 2. The summed E-state index contributed by atoms with van der Waals surface area (Å²) in [6.45, 7) is 3.48. The van der Waals surface area contributed by atoms with Gasteiger partial charge in [-0.15, -0.1) is 0 Å². The zero-order chi connectivity index (χ0) is 13.1. The maximum absolute atomic E-state index is 11.9. The van der Waals surface area contributed by atoms with E-state index in [0.717, 1.165) is 12.8 Å². The summed E-state index contributed by atoms with van der Waals surface area (Å²) < 4.78 is 0. The summed E-state index contributed by atoms with van der Waals surface area (Å²) in [6.07, 6.45) is 1.68. The van der Waals surface area contributed by atoms with E-state index in [-0.39, 0.29) is 23.9 Å². The van der Waals surface area contributed by atoms with E-state index in [1.807, 2.05) is 0 Å². The van der Waals surface area contributed by atoms with E-state index in [9.17, 15) is 14.7 Å². The second kappa shape index (κ2) is 5.67. The summed E-state index contributed by atoms with van der Waals surface area (Å²) in [5.41, 5.74) is 0. The van der Waals surface area contributed by atoms with Crippen LogP contribution in [-0.2, 0) is 9.59 Å². The zero-order valence-corrected chi connectivity index (χ0v) is 10.7. The fraction of sp³-hybridized carbons (Fsp3) is 0.833. The van der Waals surface area contributed by atoms with Gasteiger partial charge in [0, 0.05) is 32.6 Å². The first kappa shape index (κ1) is 13.3. The Balaban J connectivity index is 1.74. The van der Waals surface area contributed by atoms with Gasteiger partial charge < -0.3 is 20.6 Å². The number of aliphatic hydroxyl groups is 1. The number of hydrogen-bond donors (Lipinski definition) is 3. The third-order valence-electron chi connectivity index (χ3n) is 3.71. The molecule has 2 rings (SSSR count). The Bertz CT molecular complexity index is 327. The highest BCUT2D eigenvalue weighted by molar-refractivity contribution is 5.82. The van der Waals surface area contributed by atoms with Gasteiger partial charge in [-0.2, -0.15) is 0 Å². The van der Waals surface area contributed by atoms with Crippen molar-refractivity contribution in [3.05, 3.63) is 0 Å². The molecule has 2 atom stereocenters. The lowest BCUT2D eigenvalue weighted by Crippen LogP contribution is -2.50. The van der Waals surface area contributed by atoms with E-state index in [4.69, 9.17) is 0 Å². The van der Waals surface area contributed by atoms with Gasteiger partial charge in [0.05, 0.1) is 12.1 Å². The van der Waals surface area contributed by atoms with Crippen molar-refractivity contribution in [3.8, 4) is 0 Å². The molecular weight excluding hydrogens is 234 g/mol. The molecule has 0 radical (unpaired) electrons. The van der Waals surface area contributed by atoms with Crippen LogP contribution in [0.1, 0.15) is 26.2 Å². The van der Waals surface area contributed by atoms with E-state index < -0.39 is 6.10 Å². The summed E-state index contributed by atoms with van der Waals surface area (Å²) in [5.74, 6) is 0.0631. The Morgan fingerprint density at radius 1 is 1.33 bits per heavy atom. The maximum Gasteiger partial charge on any atom is 0.237 e. The van der Waals surface area contributed by atoms with Crippen LogP contribution >= 0.6 is 0 Å². The lowest BCUT2D eigenvalue weighted by molar-refractivity contribution is -0.130. The van der Waals surface area contributed by atoms with Crippen molar-refractivity contribution in [2.45, 2.75) is 44.4 Å². The number of nitrogens with zero attached hydrogens (tertiary/aromatic N) is 1. The smallest absolute Gasteiger partial charge is 0.237 e. The number of hydrogen-bond acceptors (Lipinski definition) is 4. The van der Waals surface area contributed by atoms with E-state index in [1.54, 1.807) is 11.8 Å². The molecule has 2 saturated heterocycles. The van der Waals surface area contributed by atoms with E-state index in [0.29, 0.717) is 26.1 Å². The molecule has 102 valence electrons. The summed E-state index contributed by atoms with van der Waals surface area (Å²) in [4.78, 5) is 24.9. The molecule has 6 heteroatoms. The second-order valence-corrected chi connectivity index (χ2v) is 5.14. The molecule has 18 heavy (non-hydrogen) atoms. The van der Waals surface area contributed by atoms with Crippen molar-refractivity contribution in [2.75, 3.05) is 19.6 Å². The molecule has 2 unspecified atom stereocenters. The first-order chi connectivity index (χ1) is 8.56. The molecule has 0 aromatic rings. The predicted octanol–water partition coefficient (Wildman–Crippen LogP) is -1.16. The summed E-state index contributed by atoms with van der Waals surface area (Å²) in [5, 5.41) is 15.3. The van der Waals surface area contributed by atoms with Crippen LogP contribution in [0.2, 0.25) is 0 Å². The number of nitrogens with one attached hydrogen (secondary N) is 2. The van der Waals surface area contributed by atoms with Crippen LogP contribution in [0.15, 0.2) is 0 Å². The molecule has 3 N–H and O–H groups in total. The summed E-state index contributed by atoms with van der Waals surface area (Å²) in [6, 6.07) is -0.126. The third kappa shape index (κ3) is 3.20. The lowest BCUT2D eigenvalue weighted by atomic mass is 10.0. The standard InChI is InChI=1S/C12H21N3O3/c1-8(16)15-4-2-9(3-5-15)14-12(18)11-6-10(17)7-13-11/h9-11,13,17H,2-7H2,1H3,(H,14,18). The fourth-order valence-electron chi connectivity index (χ4n) is 2.56. The Morgan fingerprint density at radius 2 is 2.00 bits per heavy atom. The number of carbonyl (C=O) groups is 2. The van der Waals surface area contributed by atoms with E-state index in [2.05, 4.69) is 10.6 Å². The highest BCUT2D eigenvalue weighted by Crippen LogP contribution is 2.12. The zero-order valence-electron chi connectivity index (χ0n) is 10.7.